The molecule has 2 aromatic rings. The van der Waals surface area contributed by atoms with Gasteiger partial charge in [-0.25, -0.2) is 8.42 Å². The molecule has 0 heterocycles. The van der Waals surface area contributed by atoms with Gasteiger partial charge < -0.3 is 4.74 Å². The quantitative estimate of drug-likeness (QED) is 0.881. The maximum absolute atomic E-state index is 12.1. The normalized spacial score (nSPS) is 11.1. The summed E-state index contributed by atoms with van der Waals surface area (Å²) in [6.45, 7) is 2.40. The lowest BCUT2D eigenvalue weighted by molar-refractivity contribution is 0.340. The molecule has 0 amide bonds. The van der Waals surface area contributed by atoms with Crippen LogP contribution < -0.4 is 9.46 Å². The molecule has 0 spiro atoms. The highest BCUT2D eigenvalue weighted by atomic mass is 35.5. The molecule has 0 aliphatic heterocycles. The molecule has 0 atom stereocenters. The summed E-state index contributed by atoms with van der Waals surface area (Å²) in [5.41, 5.74) is 1.16. The fraction of sp³-hybridized carbons (Fsp3) is 0.200. The molecule has 2 rings (SSSR count). The van der Waals surface area contributed by atoms with Gasteiger partial charge in [-0.2, -0.15) is 0 Å². The first kappa shape index (κ1) is 15.7. The Morgan fingerprint density at radius 1 is 1.14 bits per heavy atom. The number of hydrogen-bond acceptors (Lipinski definition) is 3. The molecule has 0 aromatic heterocycles. The van der Waals surface area contributed by atoms with E-state index in [1.807, 2.05) is 6.92 Å². The second-order valence-electron chi connectivity index (χ2n) is 4.45. The average molecular weight is 326 g/mol. The summed E-state index contributed by atoms with van der Waals surface area (Å²) < 4.78 is 32.2. The highest BCUT2D eigenvalue weighted by Crippen LogP contribution is 2.20. The Kier molecular flexibility index (Phi) is 5.09. The van der Waals surface area contributed by atoms with Crippen LogP contribution in [-0.4, -0.2) is 15.0 Å². The Labute approximate surface area is 129 Å². The third kappa shape index (κ3) is 4.95. The number of anilines is 1. The van der Waals surface area contributed by atoms with Crippen molar-refractivity contribution in [3.63, 3.8) is 0 Å². The molecule has 0 aliphatic carbocycles. The summed E-state index contributed by atoms with van der Waals surface area (Å²) in [6, 6.07) is 13.6. The number of nitrogens with one attached hydrogen (secondary N) is 1. The summed E-state index contributed by atoms with van der Waals surface area (Å²) in [7, 11) is -3.48. The summed E-state index contributed by atoms with van der Waals surface area (Å²) >= 11 is 5.78. The maximum atomic E-state index is 12.1. The van der Waals surface area contributed by atoms with Crippen molar-refractivity contribution in [1.82, 2.24) is 0 Å². The van der Waals surface area contributed by atoms with Crippen LogP contribution in [0.4, 0.5) is 5.69 Å². The van der Waals surface area contributed by atoms with Crippen LogP contribution in [0.25, 0.3) is 0 Å². The van der Waals surface area contributed by atoms with E-state index >= 15 is 0 Å². The van der Waals surface area contributed by atoms with Gasteiger partial charge in [0.15, 0.2) is 0 Å². The second kappa shape index (κ2) is 6.83. The van der Waals surface area contributed by atoms with Crippen molar-refractivity contribution in [1.29, 1.82) is 0 Å². The largest absolute Gasteiger partial charge is 0.494 e. The molecule has 0 fully saturated rings. The standard InChI is InChI=1S/C15H16ClNO3S/c1-2-20-15-5-3-4-14(10-15)17-21(18,19)11-12-6-8-13(16)9-7-12/h3-10,17H,2,11H2,1H3. The molecule has 0 radical (unpaired) electrons. The minimum atomic E-state index is -3.48. The van der Waals surface area contributed by atoms with Gasteiger partial charge in [0, 0.05) is 11.1 Å². The maximum Gasteiger partial charge on any atom is 0.236 e. The van der Waals surface area contributed by atoms with Crippen molar-refractivity contribution in [2.75, 3.05) is 11.3 Å². The van der Waals surface area contributed by atoms with Crippen molar-refractivity contribution >= 4 is 27.3 Å². The number of halogens is 1. The van der Waals surface area contributed by atoms with Gasteiger partial charge in [0.05, 0.1) is 18.0 Å². The second-order valence-corrected chi connectivity index (χ2v) is 6.61. The van der Waals surface area contributed by atoms with E-state index in [9.17, 15) is 8.42 Å². The first-order valence-electron chi connectivity index (χ1n) is 6.46. The molecule has 4 nitrogen and oxygen atoms in total. The summed E-state index contributed by atoms with van der Waals surface area (Å²) in [5, 5.41) is 0.577. The molecule has 2 aromatic carbocycles. The lowest BCUT2D eigenvalue weighted by atomic mass is 10.2. The average Bonchev–Trinajstić information content (AvgIpc) is 2.41. The zero-order valence-corrected chi connectivity index (χ0v) is 13.1. The highest BCUT2D eigenvalue weighted by Gasteiger charge is 2.12. The van der Waals surface area contributed by atoms with E-state index in [2.05, 4.69) is 4.72 Å². The van der Waals surface area contributed by atoms with Gasteiger partial charge in [-0.15, -0.1) is 0 Å². The summed E-state index contributed by atoms with van der Waals surface area (Å²) in [4.78, 5) is 0. The molecule has 0 bridgehead atoms. The molecule has 0 aliphatic rings. The first-order chi connectivity index (χ1) is 9.98. The number of ether oxygens (including phenoxy) is 1. The minimum absolute atomic E-state index is 0.108. The smallest absolute Gasteiger partial charge is 0.236 e. The summed E-state index contributed by atoms with van der Waals surface area (Å²) in [5.74, 6) is 0.521. The van der Waals surface area contributed by atoms with Crippen LogP contribution in [0.5, 0.6) is 5.75 Å². The van der Waals surface area contributed by atoms with Gasteiger partial charge in [0.1, 0.15) is 5.75 Å². The third-order valence-corrected chi connectivity index (χ3v) is 4.20. The molecular weight excluding hydrogens is 310 g/mol. The molecule has 0 saturated carbocycles. The monoisotopic (exact) mass is 325 g/mol. The SMILES string of the molecule is CCOc1cccc(NS(=O)(=O)Cc2ccc(Cl)cc2)c1. The molecule has 1 N–H and O–H groups in total. The van der Waals surface area contributed by atoms with E-state index in [4.69, 9.17) is 16.3 Å². The molecule has 0 saturated heterocycles. The van der Waals surface area contributed by atoms with Crippen LogP contribution in [0.2, 0.25) is 5.02 Å². The lowest BCUT2D eigenvalue weighted by Gasteiger charge is -2.10. The van der Waals surface area contributed by atoms with Gasteiger partial charge in [0.2, 0.25) is 10.0 Å². The van der Waals surface area contributed by atoms with Crippen LogP contribution >= 0.6 is 11.6 Å². The Balaban J connectivity index is 2.10. The van der Waals surface area contributed by atoms with Crippen molar-refractivity contribution in [2.24, 2.45) is 0 Å². The van der Waals surface area contributed by atoms with Gasteiger partial charge >= 0.3 is 0 Å². The van der Waals surface area contributed by atoms with Crippen molar-refractivity contribution < 1.29 is 13.2 Å². The molecule has 21 heavy (non-hydrogen) atoms. The van der Waals surface area contributed by atoms with Crippen LogP contribution in [0.1, 0.15) is 12.5 Å². The Morgan fingerprint density at radius 3 is 2.52 bits per heavy atom. The van der Waals surface area contributed by atoms with Gasteiger partial charge in [0.25, 0.3) is 0 Å². The third-order valence-electron chi connectivity index (χ3n) is 2.69. The van der Waals surface area contributed by atoms with Crippen molar-refractivity contribution in [3.05, 3.63) is 59.1 Å². The van der Waals surface area contributed by atoms with Crippen LogP contribution in [0.3, 0.4) is 0 Å². The number of benzene rings is 2. The Morgan fingerprint density at radius 2 is 1.86 bits per heavy atom. The molecule has 0 unspecified atom stereocenters. The predicted octanol–water partition coefficient (Wildman–Crippen LogP) is 3.68. The Hall–Kier alpha value is -1.72. The highest BCUT2D eigenvalue weighted by molar-refractivity contribution is 7.91. The zero-order valence-electron chi connectivity index (χ0n) is 11.5. The molecule has 112 valence electrons. The van der Waals surface area contributed by atoms with Crippen molar-refractivity contribution in [3.8, 4) is 5.75 Å². The number of sulfonamides is 1. The number of hydrogen-bond donors (Lipinski definition) is 1. The zero-order chi connectivity index (χ0) is 15.3. The summed E-state index contributed by atoms with van der Waals surface area (Å²) in [6.07, 6.45) is 0. The van der Waals surface area contributed by atoms with Crippen molar-refractivity contribution in [2.45, 2.75) is 12.7 Å². The predicted molar refractivity (Wildman–Crippen MR) is 85.3 cm³/mol. The first-order valence-corrected chi connectivity index (χ1v) is 8.49. The van der Waals surface area contributed by atoms with Crippen LogP contribution in [-0.2, 0) is 15.8 Å². The van der Waals surface area contributed by atoms with Gasteiger partial charge in [-0.05, 0) is 36.8 Å². The van der Waals surface area contributed by atoms with Crippen LogP contribution in [0.15, 0.2) is 48.5 Å². The van der Waals surface area contributed by atoms with E-state index in [0.717, 1.165) is 0 Å². The van der Waals surface area contributed by atoms with E-state index in [1.165, 1.54) is 0 Å². The van der Waals surface area contributed by atoms with Gasteiger partial charge in [-0.1, -0.05) is 29.8 Å². The van der Waals surface area contributed by atoms with Crippen LogP contribution in [0, 0.1) is 0 Å². The van der Waals surface area contributed by atoms with E-state index < -0.39 is 10.0 Å². The molecule has 6 heteroatoms. The molecular formula is C15H16ClNO3S. The number of rotatable bonds is 6. The fourth-order valence-corrected chi connectivity index (χ4v) is 3.15. The fourth-order valence-electron chi connectivity index (χ4n) is 1.83. The minimum Gasteiger partial charge on any atom is -0.494 e. The van der Waals surface area contributed by atoms with Gasteiger partial charge in [-0.3, -0.25) is 4.72 Å². The Bertz CT molecular complexity index is 699. The van der Waals surface area contributed by atoms with E-state index in [0.29, 0.717) is 28.6 Å². The van der Waals surface area contributed by atoms with E-state index in [-0.39, 0.29) is 5.75 Å². The topological polar surface area (TPSA) is 55.4 Å². The van der Waals surface area contributed by atoms with E-state index in [1.54, 1.807) is 48.5 Å². The lowest BCUT2D eigenvalue weighted by Crippen LogP contribution is -2.15.